The van der Waals surface area contributed by atoms with Crippen LogP contribution in [-0.2, 0) is 4.79 Å². The Morgan fingerprint density at radius 2 is 2.00 bits per heavy atom. The molecule has 0 fully saturated rings. The Morgan fingerprint density at radius 3 is 2.50 bits per heavy atom. The van der Waals surface area contributed by atoms with Crippen LogP contribution in [0, 0.1) is 0 Å². The van der Waals surface area contributed by atoms with E-state index in [9.17, 15) is 4.79 Å². The lowest BCUT2D eigenvalue weighted by atomic mass is 10.5. The molecule has 0 atom stereocenters. The first-order valence-corrected chi connectivity index (χ1v) is 5.16. The molecule has 100 valence electrons. The minimum Gasteiger partial charge on any atom is -0.467 e. The van der Waals surface area contributed by atoms with Crippen molar-refractivity contribution in [3.63, 3.8) is 0 Å². The quantitative estimate of drug-likeness (QED) is 0.493. The van der Waals surface area contributed by atoms with Crippen molar-refractivity contribution in [2.24, 2.45) is 5.84 Å². The number of ether oxygens (including phenoxy) is 1. The monoisotopic (exact) mass is 255 g/mol. The third-order valence-corrected chi connectivity index (χ3v) is 2.13. The highest BCUT2D eigenvalue weighted by molar-refractivity contribution is 5.80. The molecule has 0 saturated heterocycles. The molecule has 1 heterocycles. The minimum atomic E-state index is -0.0702. The normalized spacial score (nSPS) is 9.83. The maximum Gasteiger partial charge on any atom is 0.322 e. The first-order chi connectivity index (χ1) is 8.47. The number of aromatic nitrogens is 3. The fourth-order valence-electron chi connectivity index (χ4n) is 1.09. The number of nitrogens with one attached hydrogen (secondary N) is 1. The zero-order valence-electron chi connectivity index (χ0n) is 10.8. The van der Waals surface area contributed by atoms with Crippen molar-refractivity contribution in [2.75, 3.05) is 45.1 Å². The summed E-state index contributed by atoms with van der Waals surface area (Å²) in [5.41, 5.74) is 2.31. The van der Waals surface area contributed by atoms with Gasteiger partial charge in [-0.1, -0.05) is 0 Å². The molecule has 0 aliphatic carbocycles. The van der Waals surface area contributed by atoms with E-state index in [1.54, 1.807) is 26.0 Å². The highest BCUT2D eigenvalue weighted by Crippen LogP contribution is 2.12. The van der Waals surface area contributed by atoms with Gasteiger partial charge in [0.1, 0.15) is 0 Å². The molecule has 9 nitrogen and oxygen atoms in total. The van der Waals surface area contributed by atoms with Gasteiger partial charge in [-0.15, -0.1) is 0 Å². The lowest BCUT2D eigenvalue weighted by Gasteiger charge is -2.19. The molecule has 0 unspecified atom stereocenters. The van der Waals surface area contributed by atoms with Crippen LogP contribution in [0.4, 0.5) is 11.9 Å². The molecular weight excluding hydrogens is 238 g/mol. The third-order valence-electron chi connectivity index (χ3n) is 2.13. The number of nitrogens with two attached hydrogens (primary N) is 1. The van der Waals surface area contributed by atoms with Crippen molar-refractivity contribution < 1.29 is 9.53 Å². The number of carbonyl (C=O) groups excluding carboxylic acids is 1. The minimum absolute atomic E-state index is 0.0702. The van der Waals surface area contributed by atoms with Gasteiger partial charge in [0.2, 0.25) is 17.8 Å². The van der Waals surface area contributed by atoms with E-state index in [1.807, 2.05) is 0 Å². The number of amides is 1. The standard InChI is InChI=1S/C9H17N7O2/c1-15(2)6(17)5-16(3)8-11-7(14-10)12-9(13-8)18-4/h5,10H2,1-4H3,(H,11,12,13,14). The number of likely N-dealkylation sites (N-methyl/N-ethyl adjacent to an activating group) is 2. The number of nitrogens with zero attached hydrogens (tertiary/aromatic N) is 5. The summed E-state index contributed by atoms with van der Waals surface area (Å²) < 4.78 is 4.92. The molecule has 0 saturated carbocycles. The fourth-order valence-corrected chi connectivity index (χ4v) is 1.09. The van der Waals surface area contributed by atoms with Crippen LogP contribution in [0.15, 0.2) is 0 Å². The van der Waals surface area contributed by atoms with E-state index in [2.05, 4.69) is 20.4 Å². The molecule has 9 heteroatoms. The van der Waals surface area contributed by atoms with Gasteiger partial charge >= 0.3 is 6.01 Å². The van der Waals surface area contributed by atoms with Gasteiger partial charge in [0.25, 0.3) is 0 Å². The van der Waals surface area contributed by atoms with Crippen molar-refractivity contribution in [3.8, 4) is 6.01 Å². The number of hydrogen-bond acceptors (Lipinski definition) is 8. The summed E-state index contributed by atoms with van der Waals surface area (Å²) in [4.78, 5) is 26.6. The molecule has 3 N–H and O–H groups in total. The summed E-state index contributed by atoms with van der Waals surface area (Å²) in [6.45, 7) is 0.143. The molecule has 0 aliphatic heterocycles. The van der Waals surface area contributed by atoms with Gasteiger partial charge in [0.05, 0.1) is 13.7 Å². The SMILES string of the molecule is COc1nc(NN)nc(N(C)CC(=O)N(C)C)n1. The van der Waals surface area contributed by atoms with Gasteiger partial charge in [-0.25, -0.2) is 5.84 Å². The average molecular weight is 255 g/mol. The van der Waals surface area contributed by atoms with Crippen molar-refractivity contribution in [1.29, 1.82) is 0 Å². The van der Waals surface area contributed by atoms with Crippen LogP contribution in [-0.4, -0.2) is 60.6 Å². The van der Waals surface area contributed by atoms with Gasteiger partial charge in [-0.3, -0.25) is 10.2 Å². The van der Waals surface area contributed by atoms with Gasteiger partial charge in [0.15, 0.2) is 0 Å². The van der Waals surface area contributed by atoms with Crippen molar-refractivity contribution in [3.05, 3.63) is 0 Å². The maximum atomic E-state index is 11.6. The Bertz CT molecular complexity index is 401. The van der Waals surface area contributed by atoms with Crippen molar-refractivity contribution in [1.82, 2.24) is 19.9 Å². The zero-order valence-corrected chi connectivity index (χ0v) is 10.8. The first kappa shape index (κ1) is 13.9. The summed E-state index contributed by atoms with van der Waals surface area (Å²) in [5.74, 6) is 5.63. The number of hydrogen-bond donors (Lipinski definition) is 2. The predicted molar refractivity (Wildman–Crippen MR) is 66.2 cm³/mol. The van der Waals surface area contributed by atoms with Crippen molar-refractivity contribution in [2.45, 2.75) is 0 Å². The van der Waals surface area contributed by atoms with Gasteiger partial charge in [-0.05, 0) is 0 Å². The lowest BCUT2D eigenvalue weighted by Crippen LogP contribution is -2.35. The molecule has 0 radical (unpaired) electrons. The second-order valence-electron chi connectivity index (χ2n) is 3.73. The summed E-state index contributed by atoms with van der Waals surface area (Å²) in [6.07, 6.45) is 0. The summed E-state index contributed by atoms with van der Waals surface area (Å²) >= 11 is 0. The van der Waals surface area contributed by atoms with E-state index in [-0.39, 0.29) is 24.4 Å². The second-order valence-corrected chi connectivity index (χ2v) is 3.73. The van der Waals surface area contributed by atoms with Crippen LogP contribution in [0.3, 0.4) is 0 Å². The van der Waals surface area contributed by atoms with Crippen LogP contribution in [0.5, 0.6) is 6.01 Å². The molecular formula is C9H17N7O2. The number of methoxy groups -OCH3 is 1. The Hall–Kier alpha value is -2.16. The number of hydrazine groups is 1. The molecule has 0 aromatic carbocycles. The molecule has 1 rings (SSSR count). The summed E-state index contributed by atoms with van der Waals surface area (Å²) in [6, 6.07) is 0.122. The Morgan fingerprint density at radius 1 is 1.33 bits per heavy atom. The van der Waals surface area contributed by atoms with Crippen LogP contribution in [0.25, 0.3) is 0 Å². The molecule has 1 aromatic heterocycles. The Labute approximate surface area is 105 Å². The Kier molecular flexibility index (Phi) is 4.60. The molecule has 0 bridgehead atoms. The van der Waals surface area contributed by atoms with Crippen molar-refractivity contribution >= 4 is 17.8 Å². The molecule has 0 spiro atoms. The number of nitrogen functional groups attached to an aromatic ring is 1. The number of rotatable bonds is 5. The van der Waals surface area contributed by atoms with Crippen LogP contribution in [0.2, 0.25) is 0 Å². The van der Waals surface area contributed by atoms with Crippen LogP contribution < -0.4 is 20.9 Å². The number of carbonyl (C=O) groups is 1. The summed E-state index contributed by atoms with van der Waals surface area (Å²) in [7, 11) is 6.48. The number of anilines is 2. The molecule has 1 amide bonds. The average Bonchev–Trinajstić information content (AvgIpc) is 2.37. The largest absolute Gasteiger partial charge is 0.467 e. The van der Waals surface area contributed by atoms with E-state index in [0.717, 1.165) is 0 Å². The third kappa shape index (κ3) is 3.42. The van der Waals surface area contributed by atoms with E-state index < -0.39 is 0 Å². The van der Waals surface area contributed by atoms with Crippen LogP contribution >= 0.6 is 0 Å². The van der Waals surface area contributed by atoms with E-state index in [1.165, 1.54) is 12.0 Å². The summed E-state index contributed by atoms with van der Waals surface area (Å²) in [5, 5.41) is 0. The maximum absolute atomic E-state index is 11.6. The van der Waals surface area contributed by atoms with Gasteiger partial charge in [0, 0.05) is 21.1 Å². The smallest absolute Gasteiger partial charge is 0.322 e. The predicted octanol–water partition coefficient (Wildman–Crippen LogP) is -1.31. The molecule has 0 aliphatic rings. The highest BCUT2D eigenvalue weighted by Gasteiger charge is 2.14. The molecule has 1 aromatic rings. The lowest BCUT2D eigenvalue weighted by molar-refractivity contribution is -0.127. The van der Waals surface area contributed by atoms with E-state index in [4.69, 9.17) is 10.6 Å². The fraction of sp³-hybridized carbons (Fsp3) is 0.556. The second kappa shape index (κ2) is 5.96. The highest BCUT2D eigenvalue weighted by atomic mass is 16.5. The van der Waals surface area contributed by atoms with Gasteiger partial charge in [-0.2, -0.15) is 15.0 Å². The first-order valence-electron chi connectivity index (χ1n) is 5.16. The van der Waals surface area contributed by atoms with Gasteiger partial charge < -0.3 is 14.5 Å². The zero-order chi connectivity index (χ0) is 13.7. The van der Waals surface area contributed by atoms with Crippen LogP contribution in [0.1, 0.15) is 0 Å². The Balaban J connectivity index is 2.90. The molecule has 18 heavy (non-hydrogen) atoms. The topological polar surface area (TPSA) is 110 Å². The van der Waals surface area contributed by atoms with E-state index in [0.29, 0.717) is 5.95 Å². The van der Waals surface area contributed by atoms with E-state index >= 15 is 0 Å².